The molecule has 0 amide bonds. The second kappa shape index (κ2) is 4.07. The van der Waals surface area contributed by atoms with Crippen LogP contribution in [0.5, 0.6) is 0 Å². The number of benzene rings is 1. The van der Waals surface area contributed by atoms with Crippen LogP contribution in [-0.2, 0) is 6.54 Å². The molecule has 0 aliphatic carbocycles. The lowest BCUT2D eigenvalue weighted by Crippen LogP contribution is -2.07. The van der Waals surface area contributed by atoms with Crippen molar-refractivity contribution in [1.29, 1.82) is 0 Å². The van der Waals surface area contributed by atoms with Gasteiger partial charge in [0, 0.05) is 17.6 Å². The van der Waals surface area contributed by atoms with E-state index in [4.69, 9.17) is 5.73 Å². The van der Waals surface area contributed by atoms with Gasteiger partial charge in [-0.2, -0.15) is 0 Å². The molecule has 0 aliphatic rings. The summed E-state index contributed by atoms with van der Waals surface area (Å²) in [4.78, 5) is 0. The first-order valence-corrected chi connectivity index (χ1v) is 5.49. The van der Waals surface area contributed by atoms with Crippen molar-refractivity contribution in [2.75, 3.05) is 6.54 Å². The molecule has 0 radical (unpaired) electrons. The van der Waals surface area contributed by atoms with Crippen LogP contribution in [0.1, 0.15) is 17.7 Å². The minimum Gasteiger partial charge on any atom is -0.345 e. The third kappa shape index (κ3) is 1.77. The van der Waals surface area contributed by atoms with Crippen molar-refractivity contribution in [3.05, 3.63) is 35.5 Å². The molecule has 0 saturated carbocycles. The van der Waals surface area contributed by atoms with E-state index in [9.17, 15) is 0 Å². The maximum absolute atomic E-state index is 5.56. The monoisotopic (exact) mass is 202 g/mol. The first-order chi connectivity index (χ1) is 7.24. The van der Waals surface area contributed by atoms with Gasteiger partial charge in [0.05, 0.1) is 5.52 Å². The molecule has 1 heterocycles. The molecule has 2 aromatic rings. The molecule has 0 spiro atoms. The fourth-order valence-corrected chi connectivity index (χ4v) is 2.18. The highest BCUT2D eigenvalue weighted by atomic mass is 15.0. The van der Waals surface area contributed by atoms with Crippen molar-refractivity contribution in [3.63, 3.8) is 0 Å². The Labute approximate surface area is 90.7 Å². The number of para-hydroxylation sites is 1. The van der Waals surface area contributed by atoms with Crippen LogP contribution in [0.25, 0.3) is 10.9 Å². The van der Waals surface area contributed by atoms with Crippen molar-refractivity contribution in [2.24, 2.45) is 5.73 Å². The topological polar surface area (TPSA) is 30.9 Å². The summed E-state index contributed by atoms with van der Waals surface area (Å²) in [5, 5.41) is 1.34. The van der Waals surface area contributed by atoms with E-state index in [-0.39, 0.29) is 0 Å². The third-order valence-electron chi connectivity index (χ3n) is 2.91. The molecule has 0 saturated heterocycles. The predicted molar refractivity (Wildman–Crippen MR) is 65.1 cm³/mol. The Kier molecular flexibility index (Phi) is 2.78. The van der Waals surface area contributed by atoms with Crippen molar-refractivity contribution < 1.29 is 0 Å². The molecule has 80 valence electrons. The lowest BCUT2D eigenvalue weighted by atomic mass is 10.2. The van der Waals surface area contributed by atoms with Gasteiger partial charge in [0.25, 0.3) is 0 Å². The van der Waals surface area contributed by atoms with Crippen molar-refractivity contribution in [2.45, 2.75) is 26.8 Å². The van der Waals surface area contributed by atoms with E-state index >= 15 is 0 Å². The quantitative estimate of drug-likeness (QED) is 0.815. The van der Waals surface area contributed by atoms with E-state index < -0.39 is 0 Å². The number of rotatable bonds is 3. The van der Waals surface area contributed by atoms with Gasteiger partial charge in [0.15, 0.2) is 0 Å². The van der Waals surface area contributed by atoms with Crippen LogP contribution in [0.4, 0.5) is 0 Å². The fourth-order valence-electron chi connectivity index (χ4n) is 2.18. The summed E-state index contributed by atoms with van der Waals surface area (Å²) < 4.78 is 2.37. The second-order valence-corrected chi connectivity index (χ2v) is 4.09. The zero-order valence-corrected chi connectivity index (χ0v) is 9.46. The highest BCUT2D eigenvalue weighted by molar-refractivity contribution is 5.84. The first kappa shape index (κ1) is 10.2. The number of fused-ring (bicyclic) bond motifs is 1. The molecule has 2 N–H and O–H groups in total. The van der Waals surface area contributed by atoms with Crippen LogP contribution < -0.4 is 5.73 Å². The normalized spacial score (nSPS) is 11.1. The number of hydrogen-bond donors (Lipinski definition) is 1. The van der Waals surface area contributed by atoms with Gasteiger partial charge in [-0.3, -0.25) is 0 Å². The number of hydrogen-bond acceptors (Lipinski definition) is 1. The van der Waals surface area contributed by atoms with E-state index in [1.165, 1.54) is 22.2 Å². The molecule has 0 fully saturated rings. The third-order valence-corrected chi connectivity index (χ3v) is 2.91. The summed E-state index contributed by atoms with van der Waals surface area (Å²) in [5.41, 5.74) is 9.60. The van der Waals surface area contributed by atoms with Crippen LogP contribution in [0.15, 0.2) is 24.3 Å². The van der Waals surface area contributed by atoms with E-state index in [1.807, 2.05) is 0 Å². The maximum Gasteiger partial charge on any atom is 0.0512 e. The number of aromatic nitrogens is 1. The number of nitrogens with zero attached hydrogens (tertiary/aromatic N) is 1. The summed E-state index contributed by atoms with van der Waals surface area (Å²) in [6, 6.07) is 8.71. The van der Waals surface area contributed by atoms with E-state index in [0.29, 0.717) is 0 Å². The SMILES string of the molecule is Cc1cccc2cc(C)n(CCCN)c12. The van der Waals surface area contributed by atoms with Gasteiger partial charge >= 0.3 is 0 Å². The lowest BCUT2D eigenvalue weighted by Gasteiger charge is -2.08. The minimum atomic E-state index is 0.755. The van der Waals surface area contributed by atoms with Crippen LogP contribution in [0.3, 0.4) is 0 Å². The van der Waals surface area contributed by atoms with Crippen LogP contribution in [0, 0.1) is 13.8 Å². The standard InChI is InChI=1S/C13H18N2/c1-10-5-3-6-12-9-11(2)15(13(10)12)8-4-7-14/h3,5-6,9H,4,7-8,14H2,1-2H3. The largest absolute Gasteiger partial charge is 0.345 e. The Morgan fingerprint density at radius 3 is 2.80 bits per heavy atom. The highest BCUT2D eigenvalue weighted by Gasteiger charge is 2.06. The summed E-state index contributed by atoms with van der Waals surface area (Å²) >= 11 is 0. The molecule has 2 heteroatoms. The van der Waals surface area contributed by atoms with Gasteiger partial charge in [0.2, 0.25) is 0 Å². The number of nitrogens with two attached hydrogens (primary N) is 1. The Morgan fingerprint density at radius 1 is 1.27 bits per heavy atom. The lowest BCUT2D eigenvalue weighted by molar-refractivity contribution is 0.656. The summed E-state index contributed by atoms with van der Waals surface area (Å²) in [6.45, 7) is 6.11. The van der Waals surface area contributed by atoms with Crippen LogP contribution in [-0.4, -0.2) is 11.1 Å². The first-order valence-electron chi connectivity index (χ1n) is 5.49. The smallest absolute Gasteiger partial charge is 0.0512 e. The summed E-state index contributed by atoms with van der Waals surface area (Å²) in [7, 11) is 0. The molecule has 2 nitrogen and oxygen atoms in total. The zero-order chi connectivity index (χ0) is 10.8. The van der Waals surface area contributed by atoms with Crippen molar-refractivity contribution in [1.82, 2.24) is 4.57 Å². The Balaban J connectivity index is 2.55. The molecule has 1 aromatic heterocycles. The maximum atomic E-state index is 5.56. The van der Waals surface area contributed by atoms with Gasteiger partial charge in [-0.15, -0.1) is 0 Å². The van der Waals surface area contributed by atoms with Gasteiger partial charge in [-0.25, -0.2) is 0 Å². The summed E-state index contributed by atoms with van der Waals surface area (Å²) in [5.74, 6) is 0. The van der Waals surface area contributed by atoms with Gasteiger partial charge in [-0.1, -0.05) is 18.2 Å². The van der Waals surface area contributed by atoms with Crippen LogP contribution in [0.2, 0.25) is 0 Å². The average Bonchev–Trinajstić information content (AvgIpc) is 2.53. The molecule has 2 rings (SSSR count). The Hall–Kier alpha value is -1.28. The molecule has 15 heavy (non-hydrogen) atoms. The molecule has 0 bridgehead atoms. The van der Waals surface area contributed by atoms with Crippen molar-refractivity contribution >= 4 is 10.9 Å². The predicted octanol–water partition coefficient (Wildman–Crippen LogP) is 2.61. The molecular weight excluding hydrogens is 184 g/mol. The molecule has 0 aliphatic heterocycles. The Bertz CT molecular complexity index is 469. The number of aryl methyl sites for hydroxylation is 3. The fraction of sp³-hybridized carbons (Fsp3) is 0.385. The van der Waals surface area contributed by atoms with E-state index in [1.54, 1.807) is 0 Å². The second-order valence-electron chi connectivity index (χ2n) is 4.09. The van der Waals surface area contributed by atoms with E-state index in [0.717, 1.165) is 19.5 Å². The van der Waals surface area contributed by atoms with Gasteiger partial charge in [-0.05, 0) is 38.4 Å². The summed E-state index contributed by atoms with van der Waals surface area (Å²) in [6.07, 6.45) is 1.04. The molecule has 0 unspecified atom stereocenters. The molecule has 0 atom stereocenters. The van der Waals surface area contributed by atoms with E-state index in [2.05, 4.69) is 42.7 Å². The van der Waals surface area contributed by atoms with Gasteiger partial charge < -0.3 is 10.3 Å². The van der Waals surface area contributed by atoms with Gasteiger partial charge in [0.1, 0.15) is 0 Å². The minimum absolute atomic E-state index is 0.755. The zero-order valence-electron chi connectivity index (χ0n) is 9.46. The highest BCUT2D eigenvalue weighted by Crippen LogP contribution is 2.22. The molecule has 1 aromatic carbocycles. The average molecular weight is 202 g/mol. The van der Waals surface area contributed by atoms with Crippen molar-refractivity contribution in [3.8, 4) is 0 Å². The Morgan fingerprint density at radius 2 is 2.07 bits per heavy atom. The molecular formula is C13H18N2. The van der Waals surface area contributed by atoms with Crippen LogP contribution >= 0.6 is 0 Å².